The van der Waals surface area contributed by atoms with Crippen LogP contribution in [0.2, 0.25) is 0 Å². The van der Waals surface area contributed by atoms with Crippen LogP contribution in [0.1, 0.15) is 38.3 Å². The van der Waals surface area contributed by atoms with E-state index in [2.05, 4.69) is 37.6 Å². The van der Waals surface area contributed by atoms with E-state index in [0.717, 1.165) is 18.6 Å². The molecule has 1 aromatic carbocycles. The van der Waals surface area contributed by atoms with E-state index in [9.17, 15) is 4.79 Å². The highest BCUT2D eigenvalue weighted by atomic mass is 16.6. The number of fused-ring (bicyclic) bond motifs is 1. The van der Waals surface area contributed by atoms with Crippen molar-refractivity contribution in [3.05, 3.63) is 29.3 Å². The Hall–Kier alpha value is -1.51. The maximum Gasteiger partial charge on any atom is 0.343 e. The van der Waals surface area contributed by atoms with Crippen molar-refractivity contribution in [2.45, 2.75) is 40.0 Å². The number of carbonyl (C=O) groups excluding carboxylic acids is 1. The quantitative estimate of drug-likeness (QED) is 0.794. The average molecular weight is 276 g/mol. The zero-order chi connectivity index (χ0) is 14.8. The largest absolute Gasteiger partial charge is 0.482 e. The molecular weight excluding hydrogens is 252 g/mol. The molecule has 0 saturated carbocycles. The molecule has 0 aliphatic heterocycles. The van der Waals surface area contributed by atoms with Crippen LogP contribution in [0.25, 0.3) is 0 Å². The highest BCUT2D eigenvalue weighted by Gasteiger charge is 2.28. The summed E-state index contributed by atoms with van der Waals surface area (Å²) in [4.78, 5) is 11.1. The van der Waals surface area contributed by atoms with Crippen LogP contribution in [0.3, 0.4) is 0 Å². The van der Waals surface area contributed by atoms with Crippen molar-refractivity contribution in [2.75, 3.05) is 13.7 Å². The molecule has 1 aliphatic carbocycles. The Balaban J connectivity index is 2.09. The van der Waals surface area contributed by atoms with E-state index in [-0.39, 0.29) is 12.6 Å². The van der Waals surface area contributed by atoms with Crippen LogP contribution in [-0.4, -0.2) is 19.7 Å². The van der Waals surface area contributed by atoms with Gasteiger partial charge < -0.3 is 9.47 Å². The predicted molar refractivity (Wildman–Crippen MR) is 78.9 cm³/mol. The Kier molecular flexibility index (Phi) is 4.36. The molecule has 110 valence electrons. The summed E-state index contributed by atoms with van der Waals surface area (Å²) in [5, 5.41) is 0. The maximum absolute atomic E-state index is 11.1. The second-order valence-corrected chi connectivity index (χ2v) is 6.60. The van der Waals surface area contributed by atoms with Crippen LogP contribution in [0.5, 0.6) is 5.75 Å². The van der Waals surface area contributed by atoms with Crippen LogP contribution in [-0.2, 0) is 22.4 Å². The van der Waals surface area contributed by atoms with Crippen molar-refractivity contribution in [1.82, 2.24) is 0 Å². The molecule has 1 atom stereocenters. The summed E-state index contributed by atoms with van der Waals surface area (Å²) in [5.74, 6) is 1.10. The molecule has 0 N–H and O–H groups in total. The Morgan fingerprint density at radius 2 is 2.05 bits per heavy atom. The summed E-state index contributed by atoms with van der Waals surface area (Å²) < 4.78 is 10.1. The third-order valence-corrected chi connectivity index (χ3v) is 4.22. The molecule has 0 aromatic heterocycles. The number of methoxy groups -OCH3 is 1. The van der Waals surface area contributed by atoms with Crippen LogP contribution in [0, 0.1) is 11.3 Å². The van der Waals surface area contributed by atoms with Crippen LogP contribution in [0.4, 0.5) is 0 Å². The maximum atomic E-state index is 11.1. The minimum absolute atomic E-state index is 0.0298. The van der Waals surface area contributed by atoms with Crippen molar-refractivity contribution >= 4 is 5.97 Å². The van der Waals surface area contributed by atoms with Gasteiger partial charge in [0.15, 0.2) is 6.61 Å². The highest BCUT2D eigenvalue weighted by molar-refractivity contribution is 5.70. The molecular formula is C17H24O3. The van der Waals surface area contributed by atoms with E-state index in [4.69, 9.17) is 4.74 Å². The molecule has 0 saturated heterocycles. The summed E-state index contributed by atoms with van der Waals surface area (Å²) >= 11 is 0. The molecule has 1 aliphatic rings. The Labute approximate surface area is 121 Å². The fraction of sp³-hybridized carbons (Fsp3) is 0.588. The second-order valence-electron chi connectivity index (χ2n) is 6.60. The molecule has 3 nitrogen and oxygen atoms in total. The van der Waals surface area contributed by atoms with Gasteiger partial charge in [-0.05, 0) is 53.9 Å². The lowest BCUT2D eigenvalue weighted by atomic mass is 9.70. The number of carbonyl (C=O) groups is 1. The molecule has 20 heavy (non-hydrogen) atoms. The normalized spacial score (nSPS) is 18.3. The lowest BCUT2D eigenvalue weighted by Gasteiger charge is -2.35. The molecule has 0 fully saturated rings. The summed E-state index contributed by atoms with van der Waals surface area (Å²) in [6.07, 6.45) is 3.47. The smallest absolute Gasteiger partial charge is 0.343 e. The van der Waals surface area contributed by atoms with Crippen molar-refractivity contribution in [3.63, 3.8) is 0 Å². The molecule has 1 aromatic rings. The van der Waals surface area contributed by atoms with Gasteiger partial charge in [-0.2, -0.15) is 0 Å². The van der Waals surface area contributed by atoms with Crippen LogP contribution < -0.4 is 4.74 Å². The van der Waals surface area contributed by atoms with Gasteiger partial charge in [0, 0.05) is 0 Å². The zero-order valence-electron chi connectivity index (χ0n) is 12.9. The van der Waals surface area contributed by atoms with Gasteiger partial charge in [-0.1, -0.05) is 26.8 Å². The topological polar surface area (TPSA) is 35.5 Å². The van der Waals surface area contributed by atoms with Gasteiger partial charge in [-0.3, -0.25) is 0 Å². The number of hydrogen-bond donors (Lipinski definition) is 0. The lowest BCUT2D eigenvalue weighted by molar-refractivity contribution is -0.142. The first kappa shape index (κ1) is 14.9. The third kappa shape index (κ3) is 3.53. The van der Waals surface area contributed by atoms with E-state index < -0.39 is 0 Å². The minimum Gasteiger partial charge on any atom is -0.482 e. The number of rotatable bonds is 3. The molecule has 2 rings (SSSR count). The molecule has 0 radical (unpaired) electrons. The van der Waals surface area contributed by atoms with Crippen molar-refractivity contribution < 1.29 is 14.3 Å². The van der Waals surface area contributed by atoms with Crippen molar-refractivity contribution in [3.8, 4) is 5.75 Å². The van der Waals surface area contributed by atoms with Gasteiger partial charge in [-0.25, -0.2) is 4.79 Å². The average Bonchev–Trinajstić information content (AvgIpc) is 2.42. The number of hydrogen-bond acceptors (Lipinski definition) is 3. The SMILES string of the molecule is COC(=O)COc1ccc2c(c1)CC(C(C)(C)C)CC2. The number of esters is 1. The Morgan fingerprint density at radius 1 is 1.30 bits per heavy atom. The van der Waals surface area contributed by atoms with E-state index in [1.165, 1.54) is 24.7 Å². The predicted octanol–water partition coefficient (Wildman–Crippen LogP) is 3.39. The summed E-state index contributed by atoms with van der Waals surface area (Å²) in [7, 11) is 1.37. The number of benzene rings is 1. The Bertz CT molecular complexity index is 485. The van der Waals surface area contributed by atoms with Crippen molar-refractivity contribution in [1.29, 1.82) is 0 Å². The van der Waals surface area contributed by atoms with Gasteiger partial charge >= 0.3 is 5.97 Å². The number of aryl methyl sites for hydroxylation is 1. The molecule has 1 unspecified atom stereocenters. The number of ether oxygens (including phenoxy) is 2. The highest BCUT2D eigenvalue weighted by Crippen LogP contribution is 2.38. The fourth-order valence-electron chi connectivity index (χ4n) is 2.76. The summed E-state index contributed by atoms with van der Waals surface area (Å²) in [6.45, 7) is 6.89. The first-order valence-corrected chi connectivity index (χ1v) is 7.21. The molecule has 0 amide bonds. The van der Waals surface area contributed by atoms with Gasteiger partial charge in [0.05, 0.1) is 7.11 Å². The van der Waals surface area contributed by atoms with Gasteiger partial charge in [0.1, 0.15) is 5.75 Å². The zero-order valence-corrected chi connectivity index (χ0v) is 12.9. The van der Waals surface area contributed by atoms with Gasteiger partial charge in [-0.15, -0.1) is 0 Å². The van der Waals surface area contributed by atoms with Crippen molar-refractivity contribution in [2.24, 2.45) is 11.3 Å². The van der Waals surface area contributed by atoms with Crippen LogP contribution in [0.15, 0.2) is 18.2 Å². The summed E-state index contributed by atoms with van der Waals surface area (Å²) in [6, 6.07) is 6.15. The third-order valence-electron chi connectivity index (χ3n) is 4.22. The first-order chi connectivity index (χ1) is 9.40. The van der Waals surface area contributed by atoms with E-state index >= 15 is 0 Å². The monoisotopic (exact) mass is 276 g/mol. The molecule has 0 spiro atoms. The fourth-order valence-corrected chi connectivity index (χ4v) is 2.76. The van der Waals surface area contributed by atoms with E-state index in [1.807, 2.05) is 6.07 Å². The van der Waals surface area contributed by atoms with Gasteiger partial charge in [0.2, 0.25) is 0 Å². The van der Waals surface area contributed by atoms with E-state index in [1.54, 1.807) is 0 Å². The molecule has 3 heteroatoms. The first-order valence-electron chi connectivity index (χ1n) is 7.21. The molecule has 0 heterocycles. The lowest BCUT2D eigenvalue weighted by Crippen LogP contribution is -2.26. The molecule has 0 bridgehead atoms. The summed E-state index contributed by atoms with van der Waals surface area (Å²) in [5.41, 5.74) is 3.11. The van der Waals surface area contributed by atoms with Crippen LogP contribution >= 0.6 is 0 Å². The van der Waals surface area contributed by atoms with Gasteiger partial charge in [0.25, 0.3) is 0 Å². The second kappa shape index (κ2) is 5.86. The minimum atomic E-state index is -0.352. The standard InChI is InChI=1S/C17H24O3/c1-17(2,3)14-7-5-12-6-8-15(10-13(12)9-14)20-11-16(18)19-4/h6,8,10,14H,5,7,9,11H2,1-4H3. The Morgan fingerprint density at radius 3 is 2.70 bits per heavy atom. The van der Waals surface area contributed by atoms with E-state index in [0.29, 0.717) is 11.3 Å².